The van der Waals surface area contributed by atoms with Crippen LogP contribution < -0.4 is 4.74 Å². The minimum atomic E-state index is -1.02. The highest BCUT2D eigenvalue weighted by Gasteiger charge is 2.32. The zero-order valence-corrected chi connectivity index (χ0v) is 13.5. The lowest BCUT2D eigenvalue weighted by Gasteiger charge is -2.25. The van der Waals surface area contributed by atoms with Crippen LogP contribution in [0.2, 0.25) is 0 Å². The Morgan fingerprint density at radius 2 is 1.86 bits per heavy atom. The summed E-state index contributed by atoms with van der Waals surface area (Å²) in [5.41, 5.74) is 2.17. The maximum Gasteiger partial charge on any atom is 0.341 e. The van der Waals surface area contributed by atoms with Crippen LogP contribution in [0.1, 0.15) is 41.3 Å². The molecule has 0 saturated heterocycles. The maximum absolute atomic E-state index is 12.6. The minimum absolute atomic E-state index is 0.00427. The van der Waals surface area contributed by atoms with Crippen molar-refractivity contribution in [3.8, 4) is 5.75 Å². The molecule has 0 spiro atoms. The molecule has 2 rings (SSSR count). The first-order valence-electron chi connectivity index (χ1n) is 7.54. The molecule has 1 aliphatic rings. The number of ether oxygens (including phenoxy) is 1. The molecule has 0 bridgehead atoms. The van der Waals surface area contributed by atoms with Gasteiger partial charge in [0, 0.05) is 18.7 Å². The van der Waals surface area contributed by atoms with E-state index >= 15 is 0 Å². The van der Waals surface area contributed by atoms with E-state index in [0.29, 0.717) is 17.2 Å². The Balaban J connectivity index is 2.17. The summed E-state index contributed by atoms with van der Waals surface area (Å²) in [6.45, 7) is 5.35. The summed E-state index contributed by atoms with van der Waals surface area (Å²) in [6, 6.07) is 3.78. The monoisotopic (exact) mass is 305 g/mol. The number of benzene rings is 1. The SMILES string of the molecule is Cc1cc(C(=O)N(C)[C@H](C)C2CC2)cc(C)c1OCC(=O)O. The summed E-state index contributed by atoms with van der Waals surface area (Å²) in [7, 11) is 1.84. The molecule has 1 saturated carbocycles. The van der Waals surface area contributed by atoms with Crippen molar-refractivity contribution in [2.45, 2.75) is 39.7 Å². The van der Waals surface area contributed by atoms with E-state index in [1.165, 1.54) is 12.8 Å². The fourth-order valence-electron chi connectivity index (χ4n) is 2.72. The molecule has 1 amide bonds. The van der Waals surface area contributed by atoms with E-state index in [1.54, 1.807) is 17.0 Å². The Kier molecular flexibility index (Phi) is 4.74. The molecule has 0 aliphatic heterocycles. The van der Waals surface area contributed by atoms with Gasteiger partial charge in [-0.2, -0.15) is 0 Å². The highest BCUT2D eigenvalue weighted by molar-refractivity contribution is 5.95. The summed E-state index contributed by atoms with van der Waals surface area (Å²) in [4.78, 5) is 25.0. The van der Waals surface area contributed by atoms with Crippen molar-refractivity contribution in [1.29, 1.82) is 0 Å². The molecule has 5 nitrogen and oxygen atoms in total. The van der Waals surface area contributed by atoms with E-state index < -0.39 is 5.97 Å². The molecule has 0 unspecified atom stereocenters. The maximum atomic E-state index is 12.6. The van der Waals surface area contributed by atoms with Gasteiger partial charge in [0.05, 0.1) is 0 Å². The van der Waals surface area contributed by atoms with E-state index in [1.807, 2.05) is 20.9 Å². The van der Waals surface area contributed by atoms with Crippen LogP contribution in [-0.2, 0) is 4.79 Å². The predicted molar refractivity (Wildman–Crippen MR) is 83.3 cm³/mol. The van der Waals surface area contributed by atoms with Gasteiger partial charge in [-0.1, -0.05) is 0 Å². The standard InChI is InChI=1S/C17H23NO4/c1-10-7-14(8-11(2)16(10)22-9-15(19)20)17(21)18(4)12(3)13-5-6-13/h7-8,12-13H,5-6,9H2,1-4H3,(H,19,20)/t12-/m1/s1. The average molecular weight is 305 g/mol. The second kappa shape index (κ2) is 6.38. The van der Waals surface area contributed by atoms with E-state index in [2.05, 4.69) is 6.92 Å². The van der Waals surface area contributed by atoms with Gasteiger partial charge in [-0.15, -0.1) is 0 Å². The van der Waals surface area contributed by atoms with Gasteiger partial charge >= 0.3 is 5.97 Å². The van der Waals surface area contributed by atoms with Crippen molar-refractivity contribution >= 4 is 11.9 Å². The van der Waals surface area contributed by atoms with Gasteiger partial charge in [0.1, 0.15) is 5.75 Å². The topological polar surface area (TPSA) is 66.8 Å². The molecule has 0 radical (unpaired) electrons. The molecule has 22 heavy (non-hydrogen) atoms. The van der Waals surface area contributed by atoms with Crippen LogP contribution in [0.5, 0.6) is 5.75 Å². The van der Waals surface area contributed by atoms with Crippen molar-refractivity contribution in [3.05, 3.63) is 28.8 Å². The third-order valence-electron chi connectivity index (χ3n) is 4.28. The van der Waals surface area contributed by atoms with Crippen LogP contribution in [-0.4, -0.2) is 41.6 Å². The van der Waals surface area contributed by atoms with Gasteiger partial charge in [-0.05, 0) is 62.8 Å². The summed E-state index contributed by atoms with van der Waals surface area (Å²) < 4.78 is 5.30. The quantitative estimate of drug-likeness (QED) is 0.877. The van der Waals surface area contributed by atoms with Crippen molar-refractivity contribution in [2.24, 2.45) is 5.92 Å². The molecule has 1 N–H and O–H groups in total. The normalized spacial score (nSPS) is 15.3. The highest BCUT2D eigenvalue weighted by atomic mass is 16.5. The lowest BCUT2D eigenvalue weighted by atomic mass is 10.0. The number of aliphatic carboxylic acids is 1. The second-order valence-corrected chi connectivity index (χ2v) is 6.12. The van der Waals surface area contributed by atoms with Crippen molar-refractivity contribution in [2.75, 3.05) is 13.7 Å². The number of rotatable bonds is 6. The summed E-state index contributed by atoms with van der Waals surface area (Å²) in [6.07, 6.45) is 2.39. The van der Waals surface area contributed by atoms with E-state index in [9.17, 15) is 9.59 Å². The Morgan fingerprint density at radius 3 is 2.32 bits per heavy atom. The zero-order valence-electron chi connectivity index (χ0n) is 13.5. The number of amides is 1. The first-order valence-corrected chi connectivity index (χ1v) is 7.54. The highest BCUT2D eigenvalue weighted by Crippen LogP contribution is 2.35. The number of carboxylic acids is 1. The van der Waals surface area contributed by atoms with Gasteiger partial charge in [0.2, 0.25) is 0 Å². The number of carbonyl (C=O) groups excluding carboxylic acids is 1. The molecule has 0 aromatic heterocycles. The number of carboxylic acid groups (broad SMARTS) is 1. The first-order chi connectivity index (χ1) is 10.3. The Bertz CT molecular complexity index is 569. The van der Waals surface area contributed by atoms with Gasteiger partial charge < -0.3 is 14.7 Å². The van der Waals surface area contributed by atoms with Crippen LogP contribution >= 0.6 is 0 Å². The summed E-state index contributed by atoms with van der Waals surface area (Å²) >= 11 is 0. The van der Waals surface area contributed by atoms with Gasteiger partial charge in [0.15, 0.2) is 6.61 Å². The molecule has 1 aromatic carbocycles. The van der Waals surface area contributed by atoms with Crippen molar-refractivity contribution in [1.82, 2.24) is 4.90 Å². The fourth-order valence-corrected chi connectivity index (χ4v) is 2.72. The van der Waals surface area contributed by atoms with Gasteiger partial charge in [-0.25, -0.2) is 4.79 Å². The molecule has 1 aromatic rings. The molecule has 1 aliphatic carbocycles. The molecule has 120 valence electrons. The Hall–Kier alpha value is -2.04. The third-order valence-corrected chi connectivity index (χ3v) is 4.28. The molecule has 1 fully saturated rings. The predicted octanol–water partition coefficient (Wildman–Crippen LogP) is 2.64. The Labute approximate surface area is 130 Å². The van der Waals surface area contributed by atoms with Crippen LogP contribution in [0.4, 0.5) is 0 Å². The second-order valence-electron chi connectivity index (χ2n) is 6.12. The van der Waals surface area contributed by atoms with E-state index in [4.69, 9.17) is 9.84 Å². The van der Waals surface area contributed by atoms with Gasteiger partial charge in [-0.3, -0.25) is 4.79 Å². The average Bonchev–Trinajstić information content (AvgIpc) is 3.28. The Morgan fingerprint density at radius 1 is 1.32 bits per heavy atom. The van der Waals surface area contributed by atoms with Crippen LogP contribution in [0.25, 0.3) is 0 Å². The number of hydrogen-bond acceptors (Lipinski definition) is 3. The van der Waals surface area contributed by atoms with E-state index in [0.717, 1.165) is 11.1 Å². The largest absolute Gasteiger partial charge is 0.481 e. The van der Waals surface area contributed by atoms with Crippen LogP contribution in [0.3, 0.4) is 0 Å². The lowest BCUT2D eigenvalue weighted by molar-refractivity contribution is -0.139. The molecule has 0 heterocycles. The molecular formula is C17H23NO4. The first kappa shape index (κ1) is 16.3. The van der Waals surface area contributed by atoms with Crippen LogP contribution in [0.15, 0.2) is 12.1 Å². The lowest BCUT2D eigenvalue weighted by Crippen LogP contribution is -2.36. The summed E-state index contributed by atoms with van der Waals surface area (Å²) in [5.74, 6) is 0.137. The number of aryl methyl sites for hydroxylation is 2. The van der Waals surface area contributed by atoms with E-state index in [-0.39, 0.29) is 18.6 Å². The fraction of sp³-hybridized carbons (Fsp3) is 0.529. The molecule has 5 heteroatoms. The van der Waals surface area contributed by atoms with Crippen molar-refractivity contribution < 1.29 is 19.4 Å². The van der Waals surface area contributed by atoms with Crippen molar-refractivity contribution in [3.63, 3.8) is 0 Å². The smallest absolute Gasteiger partial charge is 0.341 e. The third kappa shape index (κ3) is 3.59. The number of carbonyl (C=O) groups is 2. The van der Waals surface area contributed by atoms with Gasteiger partial charge in [0.25, 0.3) is 5.91 Å². The number of nitrogens with zero attached hydrogens (tertiary/aromatic N) is 1. The minimum Gasteiger partial charge on any atom is -0.481 e. The zero-order chi connectivity index (χ0) is 16.4. The number of hydrogen-bond donors (Lipinski definition) is 1. The molecular weight excluding hydrogens is 282 g/mol. The molecule has 1 atom stereocenters. The van der Waals surface area contributed by atoms with Crippen LogP contribution in [0, 0.1) is 19.8 Å². The summed E-state index contributed by atoms with van der Waals surface area (Å²) in [5, 5.41) is 8.71.